The van der Waals surface area contributed by atoms with E-state index in [0.717, 1.165) is 30.8 Å². The van der Waals surface area contributed by atoms with Crippen LogP contribution in [0.3, 0.4) is 0 Å². The van der Waals surface area contributed by atoms with Crippen LogP contribution in [0, 0.1) is 11.3 Å². The van der Waals surface area contributed by atoms with E-state index in [2.05, 4.69) is 17.0 Å². The van der Waals surface area contributed by atoms with Crippen molar-refractivity contribution >= 4 is 11.4 Å². The van der Waals surface area contributed by atoms with Gasteiger partial charge in [-0.15, -0.1) is 0 Å². The van der Waals surface area contributed by atoms with Crippen molar-refractivity contribution in [2.75, 3.05) is 24.3 Å². The number of benzene rings is 2. The van der Waals surface area contributed by atoms with Crippen molar-refractivity contribution in [3.63, 3.8) is 0 Å². The van der Waals surface area contributed by atoms with Gasteiger partial charge in [0.25, 0.3) is 0 Å². The van der Waals surface area contributed by atoms with Crippen LogP contribution >= 0.6 is 0 Å². The topological polar surface area (TPSA) is 62.3 Å². The Kier molecular flexibility index (Phi) is 3.41. The highest BCUT2D eigenvalue weighted by atomic mass is 16.5. The number of nitrogens with two attached hydrogens (primary N) is 1. The lowest BCUT2D eigenvalue weighted by Gasteiger charge is -2.20. The number of fused-ring (bicyclic) bond motifs is 1. The largest absolute Gasteiger partial charge is 0.495 e. The summed E-state index contributed by atoms with van der Waals surface area (Å²) >= 11 is 0. The van der Waals surface area contributed by atoms with E-state index in [9.17, 15) is 0 Å². The molecule has 2 aromatic rings. The zero-order valence-corrected chi connectivity index (χ0v) is 12.0. The van der Waals surface area contributed by atoms with Gasteiger partial charge in [0, 0.05) is 24.5 Å². The molecule has 0 aromatic heterocycles. The first kappa shape index (κ1) is 13.3. The Labute approximate surface area is 124 Å². The van der Waals surface area contributed by atoms with Crippen LogP contribution in [-0.4, -0.2) is 13.7 Å². The van der Waals surface area contributed by atoms with Gasteiger partial charge in [0.2, 0.25) is 0 Å². The van der Waals surface area contributed by atoms with Crippen molar-refractivity contribution in [2.24, 2.45) is 0 Å². The molecule has 0 saturated heterocycles. The Hall–Kier alpha value is -2.67. The molecule has 0 spiro atoms. The molecule has 0 unspecified atom stereocenters. The second-order valence-electron chi connectivity index (χ2n) is 5.21. The van der Waals surface area contributed by atoms with E-state index < -0.39 is 0 Å². The molecule has 0 radical (unpaired) electrons. The zero-order valence-electron chi connectivity index (χ0n) is 12.0. The van der Waals surface area contributed by atoms with E-state index in [1.54, 1.807) is 7.11 Å². The van der Waals surface area contributed by atoms with Crippen LogP contribution in [0.5, 0.6) is 5.75 Å². The van der Waals surface area contributed by atoms with Gasteiger partial charge in [-0.25, -0.2) is 0 Å². The predicted octanol–water partition coefficient (Wildman–Crippen LogP) is 2.71. The fraction of sp³-hybridized carbons (Fsp3) is 0.235. The molecular weight excluding hydrogens is 262 g/mol. The number of nitriles is 1. The second-order valence-corrected chi connectivity index (χ2v) is 5.21. The Morgan fingerprint density at radius 2 is 2.14 bits per heavy atom. The number of nitrogens with zero attached hydrogens (tertiary/aromatic N) is 2. The van der Waals surface area contributed by atoms with Crippen molar-refractivity contribution in [3.05, 3.63) is 53.1 Å². The molecule has 106 valence electrons. The lowest BCUT2D eigenvalue weighted by atomic mass is 10.1. The van der Waals surface area contributed by atoms with Gasteiger partial charge in [-0.05, 0) is 41.8 Å². The molecule has 0 bridgehead atoms. The Morgan fingerprint density at radius 1 is 1.29 bits per heavy atom. The lowest BCUT2D eigenvalue weighted by molar-refractivity contribution is 0.413. The van der Waals surface area contributed by atoms with Gasteiger partial charge in [-0.2, -0.15) is 5.26 Å². The fourth-order valence-corrected chi connectivity index (χ4v) is 2.77. The molecule has 1 aliphatic heterocycles. The van der Waals surface area contributed by atoms with Crippen LogP contribution in [0.4, 0.5) is 11.4 Å². The minimum atomic E-state index is 0.562. The molecule has 4 heteroatoms. The molecule has 4 nitrogen and oxygen atoms in total. The van der Waals surface area contributed by atoms with E-state index in [4.69, 9.17) is 15.7 Å². The van der Waals surface area contributed by atoms with Crippen LogP contribution in [-0.2, 0) is 13.0 Å². The molecule has 21 heavy (non-hydrogen) atoms. The van der Waals surface area contributed by atoms with Crippen molar-refractivity contribution < 1.29 is 4.74 Å². The van der Waals surface area contributed by atoms with E-state index in [1.165, 1.54) is 11.3 Å². The summed E-state index contributed by atoms with van der Waals surface area (Å²) in [5.74, 6) is 0.627. The molecule has 0 fully saturated rings. The monoisotopic (exact) mass is 279 g/mol. The molecule has 0 atom stereocenters. The standard InChI is InChI=1S/C17H17N3O/c1-21-17-8-12(2-3-14(17)10-18)11-20-7-6-13-4-5-15(19)9-16(13)20/h2-5,8-9H,6-7,11,19H2,1H3. The summed E-state index contributed by atoms with van der Waals surface area (Å²) in [7, 11) is 1.59. The lowest BCUT2D eigenvalue weighted by Crippen LogP contribution is -2.19. The van der Waals surface area contributed by atoms with Crippen molar-refractivity contribution in [2.45, 2.75) is 13.0 Å². The molecule has 1 heterocycles. The summed E-state index contributed by atoms with van der Waals surface area (Å²) in [4.78, 5) is 2.31. The summed E-state index contributed by atoms with van der Waals surface area (Å²) in [5, 5.41) is 9.03. The smallest absolute Gasteiger partial charge is 0.136 e. The number of hydrogen-bond acceptors (Lipinski definition) is 4. The Bertz CT molecular complexity index is 718. The second kappa shape index (κ2) is 5.37. The van der Waals surface area contributed by atoms with E-state index >= 15 is 0 Å². The molecule has 0 aliphatic carbocycles. The van der Waals surface area contributed by atoms with Gasteiger partial charge < -0.3 is 15.4 Å². The van der Waals surface area contributed by atoms with E-state index in [0.29, 0.717) is 11.3 Å². The van der Waals surface area contributed by atoms with E-state index in [1.807, 2.05) is 30.3 Å². The van der Waals surface area contributed by atoms with Gasteiger partial charge in [0.15, 0.2) is 0 Å². The number of ether oxygens (including phenoxy) is 1. The Balaban J connectivity index is 1.86. The summed E-state index contributed by atoms with van der Waals surface area (Å²) < 4.78 is 5.27. The van der Waals surface area contributed by atoms with Gasteiger partial charge in [-0.1, -0.05) is 12.1 Å². The molecule has 3 rings (SSSR count). The average Bonchev–Trinajstić information content (AvgIpc) is 2.89. The maximum atomic E-state index is 9.03. The van der Waals surface area contributed by atoms with Gasteiger partial charge in [0.1, 0.15) is 11.8 Å². The first-order valence-electron chi connectivity index (χ1n) is 6.91. The van der Waals surface area contributed by atoms with Crippen molar-refractivity contribution in [3.8, 4) is 11.8 Å². The van der Waals surface area contributed by atoms with Crippen LogP contribution in [0.25, 0.3) is 0 Å². The molecule has 1 aliphatic rings. The normalized spacial score (nSPS) is 12.9. The maximum Gasteiger partial charge on any atom is 0.136 e. The number of rotatable bonds is 3. The average molecular weight is 279 g/mol. The highest BCUT2D eigenvalue weighted by Crippen LogP contribution is 2.31. The first-order chi connectivity index (χ1) is 10.2. The SMILES string of the molecule is COc1cc(CN2CCc3ccc(N)cc32)ccc1C#N. The summed E-state index contributed by atoms with van der Waals surface area (Å²) in [6, 6.07) is 13.9. The highest BCUT2D eigenvalue weighted by molar-refractivity contribution is 5.64. The van der Waals surface area contributed by atoms with Gasteiger partial charge >= 0.3 is 0 Å². The highest BCUT2D eigenvalue weighted by Gasteiger charge is 2.19. The predicted molar refractivity (Wildman–Crippen MR) is 83.3 cm³/mol. The third-order valence-corrected chi connectivity index (χ3v) is 3.86. The fourth-order valence-electron chi connectivity index (χ4n) is 2.77. The number of anilines is 2. The molecule has 0 amide bonds. The first-order valence-corrected chi connectivity index (χ1v) is 6.91. The summed E-state index contributed by atoms with van der Waals surface area (Å²) in [6.07, 6.45) is 1.04. The van der Waals surface area contributed by atoms with Crippen LogP contribution < -0.4 is 15.4 Å². The third kappa shape index (κ3) is 2.50. The molecule has 2 aromatic carbocycles. The molecule has 0 saturated carbocycles. The molecular formula is C17H17N3O. The van der Waals surface area contributed by atoms with E-state index in [-0.39, 0.29) is 0 Å². The quantitative estimate of drug-likeness (QED) is 0.877. The number of hydrogen-bond donors (Lipinski definition) is 1. The van der Waals surface area contributed by atoms with Crippen molar-refractivity contribution in [1.82, 2.24) is 0 Å². The third-order valence-electron chi connectivity index (χ3n) is 3.86. The van der Waals surface area contributed by atoms with Crippen LogP contribution in [0.15, 0.2) is 36.4 Å². The maximum absolute atomic E-state index is 9.03. The number of methoxy groups -OCH3 is 1. The summed E-state index contributed by atoms with van der Waals surface area (Å²) in [5.41, 5.74) is 10.9. The van der Waals surface area contributed by atoms with Gasteiger partial charge in [-0.3, -0.25) is 0 Å². The minimum absolute atomic E-state index is 0.562. The number of nitrogen functional groups attached to an aromatic ring is 1. The van der Waals surface area contributed by atoms with Crippen LogP contribution in [0.1, 0.15) is 16.7 Å². The zero-order chi connectivity index (χ0) is 14.8. The summed E-state index contributed by atoms with van der Waals surface area (Å²) in [6.45, 7) is 1.78. The molecule has 2 N–H and O–H groups in total. The van der Waals surface area contributed by atoms with Gasteiger partial charge in [0.05, 0.1) is 12.7 Å². The minimum Gasteiger partial charge on any atom is -0.495 e. The van der Waals surface area contributed by atoms with Crippen molar-refractivity contribution in [1.29, 1.82) is 5.26 Å². The van der Waals surface area contributed by atoms with Crippen LogP contribution in [0.2, 0.25) is 0 Å². The Morgan fingerprint density at radius 3 is 2.90 bits per heavy atom.